The topological polar surface area (TPSA) is 115 Å². The lowest BCUT2D eigenvalue weighted by molar-refractivity contribution is -0.138. The molecule has 4 rings (SSSR count). The lowest BCUT2D eigenvalue weighted by atomic mass is 9.96. The van der Waals surface area contributed by atoms with Crippen molar-refractivity contribution in [3.63, 3.8) is 0 Å². The molecule has 0 aliphatic carbocycles. The Morgan fingerprint density at radius 1 is 1.10 bits per heavy atom. The van der Waals surface area contributed by atoms with E-state index in [9.17, 15) is 23.9 Å². The molecule has 1 fully saturated rings. The van der Waals surface area contributed by atoms with Crippen LogP contribution in [0.15, 0.2) is 53.3 Å². The summed E-state index contributed by atoms with van der Waals surface area (Å²) in [5, 5.41) is 19.8. The Bertz CT molecular complexity index is 1410. The highest BCUT2D eigenvalue weighted by atomic mass is 19.1. The van der Waals surface area contributed by atoms with Crippen molar-refractivity contribution in [3.8, 4) is 0 Å². The van der Waals surface area contributed by atoms with Crippen LogP contribution < -0.4 is 10.9 Å². The van der Waals surface area contributed by atoms with Crippen molar-refractivity contribution < 1.29 is 19.1 Å². The first kappa shape index (κ1) is 30.7. The minimum absolute atomic E-state index is 0.252. The number of nitrogens with zero attached hydrogens (tertiary/aromatic N) is 2. The van der Waals surface area contributed by atoms with Crippen LogP contribution in [0.2, 0.25) is 0 Å². The quantitative estimate of drug-likeness (QED) is 0.404. The first-order valence-corrected chi connectivity index (χ1v) is 13.7. The molecule has 0 saturated carbocycles. The van der Waals surface area contributed by atoms with E-state index in [1.165, 1.54) is 12.1 Å². The van der Waals surface area contributed by atoms with Gasteiger partial charge in [-0.3, -0.25) is 14.4 Å². The molecular weight excluding hydrogens is 511 g/mol. The average molecular weight is 551 g/mol. The summed E-state index contributed by atoms with van der Waals surface area (Å²) in [5.74, 6) is -1.15. The van der Waals surface area contributed by atoms with E-state index in [4.69, 9.17) is 0 Å². The number of halogens is 1. The van der Waals surface area contributed by atoms with Crippen molar-refractivity contribution >= 4 is 11.8 Å². The van der Waals surface area contributed by atoms with Crippen molar-refractivity contribution in [3.05, 3.63) is 98.2 Å². The molecule has 1 aliphatic heterocycles. The molecule has 214 valence electrons. The monoisotopic (exact) mass is 550 g/mol. The minimum Gasteiger partial charge on any atom is -0.388 e. The number of carbonyl (C=O) groups is 2. The van der Waals surface area contributed by atoms with Gasteiger partial charge in [0.1, 0.15) is 5.82 Å². The molecule has 9 heteroatoms. The fourth-order valence-electron chi connectivity index (χ4n) is 5.18. The number of aryl methyl sites for hydroxylation is 2. The Labute approximate surface area is 234 Å². The maximum absolute atomic E-state index is 13.9. The normalized spacial score (nSPS) is 16.8. The molecule has 2 heterocycles. The van der Waals surface area contributed by atoms with Crippen molar-refractivity contribution in [2.24, 2.45) is 0 Å². The van der Waals surface area contributed by atoms with Crippen molar-refractivity contribution in [1.82, 2.24) is 20.4 Å². The van der Waals surface area contributed by atoms with E-state index in [1.54, 1.807) is 62.1 Å². The maximum Gasteiger partial charge on any atom is 0.267 e. The van der Waals surface area contributed by atoms with Crippen LogP contribution in [-0.4, -0.2) is 50.2 Å². The summed E-state index contributed by atoms with van der Waals surface area (Å²) in [6.45, 7) is 10.7. The van der Waals surface area contributed by atoms with Gasteiger partial charge in [0.05, 0.1) is 29.9 Å². The van der Waals surface area contributed by atoms with Crippen LogP contribution in [0.25, 0.3) is 0 Å². The van der Waals surface area contributed by atoms with Gasteiger partial charge in [0.25, 0.3) is 11.5 Å². The molecule has 2 aromatic carbocycles. The van der Waals surface area contributed by atoms with Crippen molar-refractivity contribution in [1.29, 1.82) is 0 Å². The second kappa shape index (κ2) is 13.0. The lowest BCUT2D eigenvalue weighted by Gasteiger charge is -2.37. The van der Waals surface area contributed by atoms with Crippen LogP contribution in [-0.2, 0) is 11.2 Å². The second-order valence-corrected chi connectivity index (χ2v) is 10.5. The molecule has 0 bridgehead atoms. The molecule has 2 atom stereocenters. The molecule has 1 aromatic heterocycles. The molecule has 8 nitrogen and oxygen atoms in total. The minimum atomic E-state index is -1.16. The molecule has 0 spiro atoms. The van der Waals surface area contributed by atoms with E-state index < -0.39 is 29.4 Å². The standard InChI is InChI=1S/C29H33FN4O4.C2H6/c1-17-12-21(9-8-19(17)14-22-13-18(2)32-33-28(22)37)27(36)31-16-26(35)34-24(10-11-25(34)29(3,4)38)20-6-5-7-23(30)15-20;1-2/h5-9,12-13,15,24-25,38H,10-11,14,16H2,1-4H3,(H,31,36)(H,33,37);1-2H3. The van der Waals surface area contributed by atoms with Gasteiger partial charge >= 0.3 is 0 Å². The third-order valence-electron chi connectivity index (χ3n) is 7.12. The van der Waals surface area contributed by atoms with Crippen molar-refractivity contribution in [2.45, 2.75) is 78.5 Å². The number of aromatic nitrogens is 2. The van der Waals surface area contributed by atoms with E-state index in [0.717, 1.165) is 11.1 Å². The number of carbonyl (C=O) groups excluding carboxylic acids is 2. The fourth-order valence-corrected chi connectivity index (χ4v) is 5.18. The molecular formula is C31H39FN4O4. The maximum atomic E-state index is 13.9. The molecule has 2 unspecified atom stereocenters. The van der Waals surface area contributed by atoms with Gasteiger partial charge < -0.3 is 15.3 Å². The Kier molecular flexibility index (Phi) is 9.98. The summed E-state index contributed by atoms with van der Waals surface area (Å²) in [4.78, 5) is 39.9. The zero-order chi connectivity index (χ0) is 29.6. The Hall–Kier alpha value is -3.85. The summed E-state index contributed by atoms with van der Waals surface area (Å²) < 4.78 is 13.9. The Balaban J connectivity index is 0.00000216. The van der Waals surface area contributed by atoms with Crippen molar-refractivity contribution in [2.75, 3.05) is 6.54 Å². The van der Waals surface area contributed by atoms with Gasteiger partial charge in [-0.25, -0.2) is 9.49 Å². The first-order valence-electron chi connectivity index (χ1n) is 13.7. The van der Waals surface area contributed by atoms with Crippen LogP contribution in [0.1, 0.15) is 84.9 Å². The molecule has 40 heavy (non-hydrogen) atoms. The summed E-state index contributed by atoms with van der Waals surface area (Å²) in [6, 6.07) is 12.2. The van der Waals surface area contributed by atoms with E-state index in [1.807, 2.05) is 20.8 Å². The molecule has 1 aliphatic rings. The summed E-state index contributed by atoms with van der Waals surface area (Å²) in [5.41, 5.74) is 2.67. The third-order valence-corrected chi connectivity index (χ3v) is 7.12. The Morgan fingerprint density at radius 3 is 2.48 bits per heavy atom. The summed E-state index contributed by atoms with van der Waals surface area (Å²) in [6.07, 6.45) is 1.54. The predicted molar refractivity (Wildman–Crippen MR) is 153 cm³/mol. The average Bonchev–Trinajstić information content (AvgIpc) is 3.38. The van der Waals surface area contributed by atoms with Crippen LogP contribution >= 0.6 is 0 Å². The molecule has 1 saturated heterocycles. The number of H-pyrrole nitrogens is 1. The van der Waals surface area contributed by atoms with Crippen LogP contribution in [0.4, 0.5) is 4.39 Å². The van der Waals surface area contributed by atoms with E-state index >= 15 is 0 Å². The van der Waals surface area contributed by atoms with Gasteiger partial charge in [0.2, 0.25) is 5.91 Å². The highest BCUT2D eigenvalue weighted by molar-refractivity contribution is 5.96. The highest BCUT2D eigenvalue weighted by Gasteiger charge is 2.44. The zero-order valence-corrected chi connectivity index (χ0v) is 24.0. The number of likely N-dealkylation sites (tertiary alicyclic amines) is 1. The zero-order valence-electron chi connectivity index (χ0n) is 24.0. The van der Waals surface area contributed by atoms with Gasteiger partial charge in [-0.1, -0.05) is 32.0 Å². The third kappa shape index (κ3) is 7.21. The van der Waals surface area contributed by atoms with Gasteiger partial charge in [-0.2, -0.15) is 5.10 Å². The Morgan fingerprint density at radius 2 is 1.82 bits per heavy atom. The number of hydrogen-bond acceptors (Lipinski definition) is 5. The number of amides is 2. The van der Waals surface area contributed by atoms with E-state index in [-0.39, 0.29) is 18.0 Å². The molecule has 3 aromatic rings. The lowest BCUT2D eigenvalue weighted by Crippen LogP contribution is -2.51. The van der Waals surface area contributed by atoms with E-state index in [2.05, 4.69) is 15.5 Å². The first-order chi connectivity index (χ1) is 18.9. The summed E-state index contributed by atoms with van der Waals surface area (Å²) >= 11 is 0. The molecule has 2 amide bonds. The van der Waals surface area contributed by atoms with Crippen LogP contribution in [0, 0.1) is 19.7 Å². The number of rotatable bonds is 7. The van der Waals surface area contributed by atoms with Gasteiger partial charge in [-0.15, -0.1) is 0 Å². The van der Waals surface area contributed by atoms with E-state index in [0.29, 0.717) is 41.6 Å². The van der Waals surface area contributed by atoms with Gasteiger partial charge in [0.15, 0.2) is 0 Å². The largest absolute Gasteiger partial charge is 0.388 e. The number of aliphatic hydroxyl groups is 1. The second-order valence-electron chi connectivity index (χ2n) is 10.5. The number of benzene rings is 2. The predicted octanol–water partition coefficient (Wildman–Crippen LogP) is 4.38. The van der Waals surface area contributed by atoms with Gasteiger partial charge in [-0.05, 0) is 87.6 Å². The SMILES string of the molecule is CC.Cc1cc(Cc2ccc(C(=O)NCC(=O)N3C(c4cccc(F)c4)CCC3C(C)(C)O)cc2C)c(=O)[nH]n1. The smallest absolute Gasteiger partial charge is 0.267 e. The fraction of sp³-hybridized carbons (Fsp3) is 0.419. The van der Waals surface area contributed by atoms with Crippen LogP contribution in [0.5, 0.6) is 0 Å². The van der Waals surface area contributed by atoms with Gasteiger partial charge in [0, 0.05) is 17.5 Å². The molecule has 3 N–H and O–H groups in total. The highest BCUT2D eigenvalue weighted by Crippen LogP contribution is 2.40. The summed E-state index contributed by atoms with van der Waals surface area (Å²) in [7, 11) is 0. The number of aromatic amines is 1. The van der Waals surface area contributed by atoms with Crippen LogP contribution in [0.3, 0.4) is 0 Å². The number of nitrogens with one attached hydrogen (secondary N) is 2. The molecule has 0 radical (unpaired) electrons. The number of hydrogen-bond donors (Lipinski definition) is 3.